The highest BCUT2D eigenvalue weighted by Crippen LogP contribution is 2.29. The van der Waals surface area contributed by atoms with Gasteiger partial charge in [-0.05, 0) is 18.1 Å². The van der Waals surface area contributed by atoms with E-state index >= 15 is 0 Å². The maximum Gasteiger partial charge on any atom is 0.305 e. The molecule has 0 heterocycles. The molecule has 0 radical (unpaired) electrons. The van der Waals surface area contributed by atoms with E-state index in [1.807, 2.05) is 43.3 Å². The third-order valence-corrected chi connectivity index (χ3v) is 8.34. The molecule has 0 bridgehead atoms. The Morgan fingerprint density at radius 1 is 0.521 bits per heavy atom. The minimum absolute atomic E-state index is 0.0274. The van der Waals surface area contributed by atoms with Gasteiger partial charge in [-0.1, -0.05) is 126 Å². The molecule has 0 saturated heterocycles. The fourth-order valence-electron chi connectivity index (χ4n) is 3.72. The number of benzene rings is 3. The summed E-state index contributed by atoms with van der Waals surface area (Å²) in [6, 6.07) is 21.9. The molecular formula is C36H39Br3O9. The van der Waals surface area contributed by atoms with Gasteiger partial charge in [-0.2, -0.15) is 0 Å². The fraction of sp³-hybridized carbons (Fsp3) is 0.333. The fourth-order valence-corrected chi connectivity index (χ4v) is 4.70. The number of Topliss-reactive ketones (excluding diaryl/α,β-unsaturated/α-hetero) is 3. The summed E-state index contributed by atoms with van der Waals surface area (Å²) in [5.74, 6) is -1.19. The van der Waals surface area contributed by atoms with Gasteiger partial charge in [0.25, 0.3) is 0 Å². The SMILES string of the molecule is COC(=O)CCC(=O)c1ccc(C(Br)Br)cc1.COC(=O)CCC(=O)c1ccc(C)cc1.COC(=O)CCC(=O)c1ccc(CBr)cc1. The van der Waals surface area contributed by atoms with Crippen LogP contribution in [-0.4, -0.2) is 56.6 Å². The van der Waals surface area contributed by atoms with Crippen molar-refractivity contribution < 1.29 is 43.0 Å². The molecule has 48 heavy (non-hydrogen) atoms. The van der Waals surface area contributed by atoms with Crippen LogP contribution >= 0.6 is 47.8 Å². The molecule has 0 atom stereocenters. The van der Waals surface area contributed by atoms with Crippen LogP contribution in [0.2, 0.25) is 0 Å². The monoisotopic (exact) mass is 852 g/mol. The van der Waals surface area contributed by atoms with Gasteiger partial charge >= 0.3 is 17.9 Å². The molecule has 0 aliphatic heterocycles. The molecule has 0 N–H and O–H groups in total. The highest BCUT2D eigenvalue weighted by molar-refractivity contribution is 9.24. The molecule has 3 aromatic rings. The Balaban J connectivity index is 0.000000361. The predicted octanol–water partition coefficient (Wildman–Crippen LogP) is 8.46. The summed E-state index contributed by atoms with van der Waals surface area (Å²) in [4.78, 5) is 67.5. The smallest absolute Gasteiger partial charge is 0.305 e. The van der Waals surface area contributed by atoms with E-state index in [4.69, 9.17) is 0 Å². The van der Waals surface area contributed by atoms with Gasteiger partial charge in [0.1, 0.15) is 0 Å². The number of ether oxygens (including phenoxy) is 3. The normalized spacial score (nSPS) is 10.0. The number of aryl methyl sites for hydroxylation is 1. The number of alkyl halides is 3. The highest BCUT2D eigenvalue weighted by atomic mass is 79.9. The van der Waals surface area contributed by atoms with Gasteiger partial charge in [-0.3, -0.25) is 28.8 Å². The topological polar surface area (TPSA) is 130 Å². The van der Waals surface area contributed by atoms with Crippen LogP contribution < -0.4 is 0 Å². The number of hydrogen-bond donors (Lipinski definition) is 0. The quantitative estimate of drug-likeness (QED) is 0.0679. The van der Waals surface area contributed by atoms with Gasteiger partial charge in [0.2, 0.25) is 0 Å². The van der Waals surface area contributed by atoms with E-state index < -0.39 is 0 Å². The lowest BCUT2D eigenvalue weighted by Gasteiger charge is -2.04. The lowest BCUT2D eigenvalue weighted by molar-refractivity contribution is -0.141. The predicted molar refractivity (Wildman–Crippen MR) is 194 cm³/mol. The number of rotatable bonds is 14. The van der Waals surface area contributed by atoms with Gasteiger partial charge in [0.05, 0.1) is 44.3 Å². The summed E-state index contributed by atoms with van der Waals surface area (Å²) in [6.07, 6.45) is 0.976. The Kier molecular flexibility index (Phi) is 21.1. The number of esters is 3. The number of methoxy groups -OCH3 is 3. The Labute approximate surface area is 306 Å². The van der Waals surface area contributed by atoms with E-state index in [0.717, 1.165) is 22.0 Å². The standard InChI is InChI=1S/C12H12Br2O3.C12H13BrO3.C12H14O3/c1-17-11(16)7-6-10(15)8-2-4-9(5-3-8)12(13)14;1-16-12(15)7-6-11(14)10-4-2-9(8-13)3-5-10;1-9-3-5-10(6-4-9)11(13)7-8-12(14)15-2/h2-5,12H,6-7H2,1H3;2-5H,6-8H2,1H3;3-6H,7-8H2,1-2H3. The molecule has 12 heteroatoms. The van der Waals surface area contributed by atoms with Crippen LogP contribution in [0.1, 0.15) is 90.0 Å². The molecule has 0 saturated carbocycles. The highest BCUT2D eigenvalue weighted by Gasteiger charge is 2.11. The average molecular weight is 855 g/mol. The maximum absolute atomic E-state index is 11.7. The first kappa shape index (κ1) is 42.5. The van der Waals surface area contributed by atoms with Crippen molar-refractivity contribution in [3.8, 4) is 0 Å². The van der Waals surface area contributed by atoms with E-state index in [-0.39, 0.29) is 77.5 Å². The Morgan fingerprint density at radius 3 is 1.12 bits per heavy atom. The van der Waals surface area contributed by atoms with Crippen LogP contribution in [0.4, 0.5) is 0 Å². The van der Waals surface area contributed by atoms with Gasteiger partial charge in [-0.15, -0.1) is 0 Å². The molecule has 0 aliphatic carbocycles. The third kappa shape index (κ3) is 17.1. The molecule has 9 nitrogen and oxygen atoms in total. The van der Waals surface area contributed by atoms with E-state index in [0.29, 0.717) is 16.7 Å². The van der Waals surface area contributed by atoms with Crippen LogP contribution in [0.3, 0.4) is 0 Å². The van der Waals surface area contributed by atoms with Gasteiger partial charge < -0.3 is 14.2 Å². The second-order valence-corrected chi connectivity index (χ2v) is 13.7. The van der Waals surface area contributed by atoms with Gasteiger partial charge in [0, 0.05) is 41.3 Å². The molecule has 0 aromatic heterocycles. The summed E-state index contributed by atoms with van der Waals surface area (Å²) in [5, 5.41) is 0.767. The molecule has 0 unspecified atom stereocenters. The summed E-state index contributed by atoms with van der Waals surface area (Å²) < 4.78 is 13.5. The molecule has 0 spiro atoms. The summed E-state index contributed by atoms with van der Waals surface area (Å²) in [6.45, 7) is 1.96. The van der Waals surface area contributed by atoms with Crippen molar-refractivity contribution in [1.29, 1.82) is 0 Å². The van der Waals surface area contributed by atoms with Crippen LogP contribution in [0, 0.1) is 6.92 Å². The summed E-state index contributed by atoms with van der Waals surface area (Å²) >= 11 is 10.1. The van der Waals surface area contributed by atoms with Crippen molar-refractivity contribution in [1.82, 2.24) is 0 Å². The maximum atomic E-state index is 11.7. The Bertz CT molecular complexity index is 1480. The number of halogens is 3. The number of carbonyl (C=O) groups excluding carboxylic acids is 6. The summed E-state index contributed by atoms with van der Waals surface area (Å²) in [7, 11) is 3.95. The summed E-state index contributed by atoms with van der Waals surface area (Å²) in [5.41, 5.74) is 5.15. The Morgan fingerprint density at radius 2 is 0.833 bits per heavy atom. The molecule has 0 aliphatic rings. The average Bonchev–Trinajstić information content (AvgIpc) is 3.12. The Hall–Kier alpha value is -3.48. The van der Waals surface area contributed by atoms with Crippen molar-refractivity contribution >= 4 is 83.0 Å². The lowest BCUT2D eigenvalue weighted by atomic mass is 10.1. The van der Waals surface area contributed by atoms with Crippen LogP contribution in [0.15, 0.2) is 72.8 Å². The van der Waals surface area contributed by atoms with Crippen molar-refractivity contribution in [2.75, 3.05) is 21.3 Å². The molecule has 258 valence electrons. The van der Waals surface area contributed by atoms with Crippen molar-refractivity contribution in [2.45, 2.75) is 54.5 Å². The zero-order valence-corrected chi connectivity index (χ0v) is 32.0. The molecule has 0 fully saturated rings. The van der Waals surface area contributed by atoms with Crippen LogP contribution in [0.5, 0.6) is 0 Å². The minimum Gasteiger partial charge on any atom is -0.469 e. The lowest BCUT2D eigenvalue weighted by Crippen LogP contribution is -2.06. The molecule has 3 rings (SSSR count). The van der Waals surface area contributed by atoms with E-state index in [9.17, 15) is 28.8 Å². The zero-order chi connectivity index (χ0) is 36.1. The van der Waals surface area contributed by atoms with Crippen LogP contribution in [0.25, 0.3) is 0 Å². The number of hydrogen-bond acceptors (Lipinski definition) is 9. The van der Waals surface area contributed by atoms with E-state index in [1.165, 1.54) is 21.3 Å². The van der Waals surface area contributed by atoms with Gasteiger partial charge in [0.15, 0.2) is 17.3 Å². The molecular weight excluding hydrogens is 816 g/mol. The first-order valence-electron chi connectivity index (χ1n) is 14.7. The van der Waals surface area contributed by atoms with Crippen molar-refractivity contribution in [2.24, 2.45) is 0 Å². The van der Waals surface area contributed by atoms with Gasteiger partial charge in [-0.25, -0.2) is 0 Å². The zero-order valence-electron chi connectivity index (χ0n) is 27.3. The second kappa shape index (κ2) is 23.8. The molecule has 3 aromatic carbocycles. The largest absolute Gasteiger partial charge is 0.469 e. The van der Waals surface area contributed by atoms with E-state index in [2.05, 4.69) is 62.0 Å². The first-order chi connectivity index (χ1) is 22.8. The van der Waals surface area contributed by atoms with Crippen molar-refractivity contribution in [3.05, 3.63) is 106 Å². The molecule has 0 amide bonds. The van der Waals surface area contributed by atoms with E-state index in [1.54, 1.807) is 36.4 Å². The first-order valence-corrected chi connectivity index (χ1v) is 17.7. The second-order valence-electron chi connectivity index (χ2n) is 10.1. The number of ketones is 3. The third-order valence-electron chi connectivity index (χ3n) is 6.64. The number of carbonyl (C=O) groups is 6. The minimum atomic E-state index is -0.365. The van der Waals surface area contributed by atoms with Crippen molar-refractivity contribution in [3.63, 3.8) is 0 Å². The van der Waals surface area contributed by atoms with Crippen LogP contribution in [-0.2, 0) is 33.9 Å².